The number of nitrogens with one attached hydrogen (secondary N) is 1. The number of hydrogen-bond acceptors (Lipinski definition) is 3. The van der Waals surface area contributed by atoms with Gasteiger partial charge in [-0.15, -0.1) is 0 Å². The van der Waals surface area contributed by atoms with Gasteiger partial charge in [0, 0.05) is 11.8 Å². The van der Waals surface area contributed by atoms with Gasteiger partial charge in [-0.3, -0.25) is 4.79 Å². The van der Waals surface area contributed by atoms with Crippen molar-refractivity contribution in [2.75, 3.05) is 18.2 Å². The summed E-state index contributed by atoms with van der Waals surface area (Å²) in [5, 5.41) is 2.52. The molecule has 0 spiro atoms. The van der Waals surface area contributed by atoms with E-state index in [9.17, 15) is 9.18 Å². The number of nitrogen functional groups attached to an aromatic ring is 1. The van der Waals surface area contributed by atoms with Crippen molar-refractivity contribution in [2.45, 2.75) is 6.42 Å². The van der Waals surface area contributed by atoms with Crippen LogP contribution in [0.25, 0.3) is 0 Å². The molecule has 0 heterocycles. The monoisotopic (exact) mass is 274 g/mol. The van der Waals surface area contributed by atoms with Gasteiger partial charge in [-0.1, -0.05) is 12.1 Å². The first-order valence-electron chi connectivity index (χ1n) is 6.06. The van der Waals surface area contributed by atoms with E-state index in [4.69, 9.17) is 10.5 Å². The summed E-state index contributed by atoms with van der Waals surface area (Å²) < 4.78 is 18.6. The Kier molecular flexibility index (Phi) is 4.20. The van der Waals surface area contributed by atoms with Crippen LogP contribution in [-0.2, 0) is 11.2 Å². The Labute approximate surface area is 116 Å². The predicted molar refractivity (Wildman–Crippen MR) is 76.1 cm³/mol. The standard InChI is InChI=1S/C15H15FN2O2/c1-20-12-6-7-13(16)14(9-12)18-15(19)8-10-2-4-11(17)5-3-10/h2-7,9H,8,17H2,1H3,(H,18,19). The van der Waals surface area contributed by atoms with Crippen LogP contribution in [0.2, 0.25) is 0 Å². The van der Waals surface area contributed by atoms with Crippen LogP contribution in [0.1, 0.15) is 5.56 Å². The number of ether oxygens (including phenoxy) is 1. The van der Waals surface area contributed by atoms with Gasteiger partial charge in [0.2, 0.25) is 5.91 Å². The first-order chi connectivity index (χ1) is 9.58. The van der Waals surface area contributed by atoms with E-state index in [1.807, 2.05) is 0 Å². The fraction of sp³-hybridized carbons (Fsp3) is 0.133. The van der Waals surface area contributed by atoms with E-state index in [1.165, 1.54) is 25.3 Å². The molecule has 0 aliphatic heterocycles. The molecule has 0 radical (unpaired) electrons. The van der Waals surface area contributed by atoms with Crippen molar-refractivity contribution >= 4 is 17.3 Å². The zero-order valence-electron chi connectivity index (χ0n) is 11.0. The fourth-order valence-corrected chi connectivity index (χ4v) is 1.74. The van der Waals surface area contributed by atoms with Crippen molar-refractivity contribution in [1.82, 2.24) is 0 Å². The smallest absolute Gasteiger partial charge is 0.228 e. The molecule has 4 nitrogen and oxygen atoms in total. The summed E-state index contributed by atoms with van der Waals surface area (Å²) >= 11 is 0. The molecule has 2 aromatic carbocycles. The van der Waals surface area contributed by atoms with Crippen LogP contribution < -0.4 is 15.8 Å². The van der Waals surface area contributed by atoms with E-state index >= 15 is 0 Å². The molecule has 0 aliphatic carbocycles. The second-order valence-electron chi connectivity index (χ2n) is 4.31. The first-order valence-corrected chi connectivity index (χ1v) is 6.06. The van der Waals surface area contributed by atoms with Crippen molar-refractivity contribution in [3.8, 4) is 5.75 Å². The maximum absolute atomic E-state index is 13.6. The first kappa shape index (κ1) is 13.9. The van der Waals surface area contributed by atoms with Gasteiger partial charge in [-0.25, -0.2) is 4.39 Å². The van der Waals surface area contributed by atoms with E-state index < -0.39 is 5.82 Å². The maximum atomic E-state index is 13.6. The Morgan fingerprint density at radius 3 is 2.60 bits per heavy atom. The van der Waals surface area contributed by atoms with E-state index in [1.54, 1.807) is 24.3 Å². The number of hydrogen-bond donors (Lipinski definition) is 2. The second-order valence-corrected chi connectivity index (χ2v) is 4.31. The molecule has 1 amide bonds. The quantitative estimate of drug-likeness (QED) is 0.842. The lowest BCUT2D eigenvalue weighted by Crippen LogP contribution is -2.15. The Bertz CT molecular complexity index is 612. The normalized spacial score (nSPS) is 10.1. The molecule has 0 unspecified atom stereocenters. The number of benzene rings is 2. The van der Waals surface area contributed by atoms with Crippen LogP contribution in [0, 0.1) is 5.82 Å². The van der Waals surface area contributed by atoms with Crippen LogP contribution in [0.3, 0.4) is 0 Å². The van der Waals surface area contributed by atoms with Gasteiger partial charge >= 0.3 is 0 Å². The minimum Gasteiger partial charge on any atom is -0.497 e. The molecule has 0 atom stereocenters. The minimum atomic E-state index is -0.503. The molecule has 0 saturated carbocycles. The zero-order chi connectivity index (χ0) is 14.5. The molecule has 104 valence electrons. The van der Waals surface area contributed by atoms with Crippen molar-refractivity contribution in [3.05, 3.63) is 53.8 Å². The van der Waals surface area contributed by atoms with Crippen LogP contribution in [-0.4, -0.2) is 13.0 Å². The summed E-state index contributed by atoms with van der Waals surface area (Å²) in [4.78, 5) is 11.9. The van der Waals surface area contributed by atoms with E-state index in [-0.39, 0.29) is 18.0 Å². The van der Waals surface area contributed by atoms with Crippen LogP contribution >= 0.6 is 0 Å². The highest BCUT2D eigenvalue weighted by atomic mass is 19.1. The molecule has 0 bridgehead atoms. The summed E-state index contributed by atoms with van der Waals surface area (Å²) in [6.07, 6.45) is 0.150. The third-order valence-electron chi connectivity index (χ3n) is 2.79. The number of carbonyl (C=O) groups excluding carboxylic acids is 1. The lowest BCUT2D eigenvalue weighted by molar-refractivity contribution is -0.115. The SMILES string of the molecule is COc1ccc(F)c(NC(=O)Cc2ccc(N)cc2)c1. The largest absolute Gasteiger partial charge is 0.497 e. The predicted octanol–water partition coefficient (Wildman–Crippen LogP) is 2.60. The number of nitrogens with two attached hydrogens (primary N) is 1. The summed E-state index contributed by atoms with van der Waals surface area (Å²) in [6.45, 7) is 0. The lowest BCUT2D eigenvalue weighted by atomic mass is 10.1. The van der Waals surface area contributed by atoms with Gasteiger partial charge in [0.15, 0.2) is 0 Å². The van der Waals surface area contributed by atoms with Gasteiger partial charge in [0.1, 0.15) is 11.6 Å². The molecule has 3 N–H and O–H groups in total. The van der Waals surface area contributed by atoms with E-state index in [0.29, 0.717) is 11.4 Å². The van der Waals surface area contributed by atoms with Crippen LogP contribution in [0.5, 0.6) is 5.75 Å². The Balaban J connectivity index is 2.06. The number of carbonyl (C=O) groups is 1. The molecule has 2 rings (SSSR count). The molecule has 0 aromatic heterocycles. The maximum Gasteiger partial charge on any atom is 0.228 e. The molecule has 0 saturated heterocycles. The van der Waals surface area contributed by atoms with Gasteiger partial charge in [-0.2, -0.15) is 0 Å². The molecule has 0 aliphatic rings. The molecule has 20 heavy (non-hydrogen) atoms. The topological polar surface area (TPSA) is 64.3 Å². The van der Waals surface area contributed by atoms with Crippen molar-refractivity contribution in [1.29, 1.82) is 0 Å². The van der Waals surface area contributed by atoms with Gasteiger partial charge in [0.25, 0.3) is 0 Å². The molecule has 5 heteroatoms. The number of halogens is 1. The Hall–Kier alpha value is -2.56. The minimum absolute atomic E-state index is 0.102. The van der Waals surface area contributed by atoms with Gasteiger partial charge in [0.05, 0.1) is 19.2 Å². The molecule has 2 aromatic rings. The number of amides is 1. The van der Waals surface area contributed by atoms with Gasteiger partial charge in [-0.05, 0) is 29.8 Å². The van der Waals surface area contributed by atoms with Gasteiger partial charge < -0.3 is 15.8 Å². The van der Waals surface area contributed by atoms with E-state index in [2.05, 4.69) is 5.32 Å². The fourth-order valence-electron chi connectivity index (χ4n) is 1.74. The molecular formula is C15H15FN2O2. The second kappa shape index (κ2) is 6.06. The highest BCUT2D eigenvalue weighted by Crippen LogP contribution is 2.21. The Morgan fingerprint density at radius 1 is 1.25 bits per heavy atom. The number of methoxy groups -OCH3 is 1. The molecule has 0 fully saturated rings. The lowest BCUT2D eigenvalue weighted by Gasteiger charge is -2.08. The third-order valence-corrected chi connectivity index (χ3v) is 2.79. The third kappa shape index (κ3) is 3.47. The highest BCUT2D eigenvalue weighted by molar-refractivity contribution is 5.92. The number of anilines is 2. The summed E-state index contributed by atoms with van der Waals surface area (Å²) in [5.41, 5.74) is 7.11. The molecular weight excluding hydrogens is 259 g/mol. The van der Waals surface area contributed by atoms with Crippen molar-refractivity contribution in [3.63, 3.8) is 0 Å². The highest BCUT2D eigenvalue weighted by Gasteiger charge is 2.09. The average Bonchev–Trinajstić information content (AvgIpc) is 2.44. The average molecular weight is 274 g/mol. The Morgan fingerprint density at radius 2 is 1.95 bits per heavy atom. The summed E-state index contributed by atoms with van der Waals surface area (Å²) in [7, 11) is 1.48. The number of rotatable bonds is 4. The summed E-state index contributed by atoms with van der Waals surface area (Å²) in [6, 6.07) is 11.1. The van der Waals surface area contributed by atoms with Crippen LogP contribution in [0.15, 0.2) is 42.5 Å². The zero-order valence-corrected chi connectivity index (χ0v) is 11.0. The summed E-state index contributed by atoms with van der Waals surface area (Å²) in [5.74, 6) is -0.326. The van der Waals surface area contributed by atoms with E-state index in [0.717, 1.165) is 5.56 Å². The van der Waals surface area contributed by atoms with Crippen molar-refractivity contribution < 1.29 is 13.9 Å². The van der Waals surface area contributed by atoms with Crippen molar-refractivity contribution in [2.24, 2.45) is 0 Å². The van der Waals surface area contributed by atoms with Crippen LogP contribution in [0.4, 0.5) is 15.8 Å².